The summed E-state index contributed by atoms with van der Waals surface area (Å²) in [5, 5.41) is 0. The minimum absolute atomic E-state index is 0.323. The molecule has 0 atom stereocenters. The van der Waals surface area contributed by atoms with Gasteiger partial charge >= 0.3 is 5.97 Å². The monoisotopic (exact) mass is 214 g/mol. The Labute approximate surface area is 93.3 Å². The fourth-order valence-electron chi connectivity index (χ4n) is 1.54. The van der Waals surface area contributed by atoms with Gasteiger partial charge in [0.1, 0.15) is 0 Å². The van der Waals surface area contributed by atoms with Crippen LogP contribution in [0.2, 0.25) is 0 Å². The van der Waals surface area contributed by atoms with Crippen molar-refractivity contribution in [3.05, 3.63) is 12.7 Å². The molecule has 0 aromatic carbocycles. The molecule has 0 aromatic rings. The van der Waals surface area contributed by atoms with Crippen LogP contribution in [0.25, 0.3) is 0 Å². The molecule has 88 valence electrons. The molecule has 0 saturated carbocycles. The van der Waals surface area contributed by atoms with Crippen LogP contribution in [-0.4, -0.2) is 36.8 Å². The molecule has 0 rings (SSSR count). The molecule has 0 aromatic heterocycles. The molecule has 0 aliphatic heterocycles. The van der Waals surface area contributed by atoms with E-state index in [0.29, 0.717) is 6.73 Å². The number of hydrogen-bond acceptors (Lipinski definition) is 2. The van der Waals surface area contributed by atoms with Crippen molar-refractivity contribution in [1.29, 1.82) is 0 Å². The van der Waals surface area contributed by atoms with Crippen molar-refractivity contribution in [2.24, 2.45) is 0 Å². The minimum Gasteiger partial charge on any atom is -0.412 e. The van der Waals surface area contributed by atoms with Crippen LogP contribution in [0.15, 0.2) is 12.7 Å². The summed E-state index contributed by atoms with van der Waals surface area (Å²) in [6.07, 6.45) is 3.57. The zero-order valence-corrected chi connectivity index (χ0v) is 10.3. The SMILES string of the molecule is C=CC(=O)OC[N+](CC)(CC)CCCC. The lowest BCUT2D eigenvalue weighted by Crippen LogP contribution is -2.50. The summed E-state index contributed by atoms with van der Waals surface area (Å²) in [6.45, 7) is 13.4. The summed E-state index contributed by atoms with van der Waals surface area (Å²) < 4.78 is 6.01. The van der Waals surface area contributed by atoms with E-state index in [1.807, 2.05) is 0 Å². The van der Waals surface area contributed by atoms with E-state index in [2.05, 4.69) is 27.4 Å². The highest BCUT2D eigenvalue weighted by molar-refractivity contribution is 5.81. The molecule has 0 N–H and O–H groups in total. The van der Waals surface area contributed by atoms with Gasteiger partial charge < -0.3 is 4.74 Å². The van der Waals surface area contributed by atoms with Crippen molar-refractivity contribution in [2.75, 3.05) is 26.4 Å². The third-order valence-corrected chi connectivity index (χ3v) is 2.97. The first-order chi connectivity index (χ1) is 7.14. The Morgan fingerprint density at radius 3 is 2.33 bits per heavy atom. The highest BCUT2D eigenvalue weighted by Crippen LogP contribution is 2.09. The number of nitrogens with zero attached hydrogens (tertiary/aromatic N) is 1. The van der Waals surface area contributed by atoms with Crippen LogP contribution in [0.1, 0.15) is 33.6 Å². The van der Waals surface area contributed by atoms with Gasteiger partial charge in [-0.2, -0.15) is 0 Å². The number of quaternary nitrogens is 1. The van der Waals surface area contributed by atoms with Crippen molar-refractivity contribution in [1.82, 2.24) is 0 Å². The van der Waals surface area contributed by atoms with E-state index in [1.165, 1.54) is 18.9 Å². The van der Waals surface area contributed by atoms with Gasteiger partial charge in [0.2, 0.25) is 6.73 Å². The van der Waals surface area contributed by atoms with Gasteiger partial charge in [0.15, 0.2) is 0 Å². The number of carbonyl (C=O) groups excluding carboxylic acids is 1. The summed E-state index contributed by atoms with van der Waals surface area (Å²) in [7, 11) is 0. The van der Waals surface area contributed by atoms with E-state index in [1.54, 1.807) is 0 Å². The molecule has 0 unspecified atom stereocenters. The molecule has 15 heavy (non-hydrogen) atoms. The molecule has 0 aliphatic rings. The van der Waals surface area contributed by atoms with Gasteiger partial charge in [-0.05, 0) is 20.3 Å². The zero-order valence-electron chi connectivity index (χ0n) is 10.3. The molecule has 0 spiro atoms. The molecular formula is C12H24NO2+. The predicted octanol–water partition coefficient (Wildman–Crippen LogP) is 2.33. The normalized spacial score (nSPS) is 11.1. The largest absolute Gasteiger partial charge is 0.412 e. The standard InChI is InChI=1S/C12H24NO2/c1-5-9-10-13(7-3,8-4)11-15-12(14)6-2/h6H,2,5,7-11H2,1,3-4H3/q+1. The van der Waals surface area contributed by atoms with Crippen LogP contribution < -0.4 is 0 Å². The van der Waals surface area contributed by atoms with E-state index in [9.17, 15) is 4.79 Å². The lowest BCUT2D eigenvalue weighted by Gasteiger charge is -2.35. The number of hydrogen-bond donors (Lipinski definition) is 0. The van der Waals surface area contributed by atoms with E-state index in [4.69, 9.17) is 4.74 Å². The maximum atomic E-state index is 11.0. The molecule has 0 heterocycles. The molecule has 3 heteroatoms. The highest BCUT2D eigenvalue weighted by atomic mass is 16.5. The molecule has 0 bridgehead atoms. The van der Waals surface area contributed by atoms with Crippen molar-refractivity contribution in [3.63, 3.8) is 0 Å². The Morgan fingerprint density at radius 1 is 1.33 bits per heavy atom. The molecular weight excluding hydrogens is 190 g/mol. The number of esters is 1. The van der Waals surface area contributed by atoms with Gasteiger partial charge in [-0.1, -0.05) is 19.9 Å². The van der Waals surface area contributed by atoms with Crippen LogP contribution in [0, 0.1) is 0 Å². The number of ether oxygens (including phenoxy) is 1. The number of carbonyl (C=O) groups is 1. The Bertz CT molecular complexity index is 198. The summed E-state index contributed by atoms with van der Waals surface area (Å²) in [5.74, 6) is -0.323. The molecule has 0 fully saturated rings. The third kappa shape index (κ3) is 4.98. The highest BCUT2D eigenvalue weighted by Gasteiger charge is 2.23. The van der Waals surface area contributed by atoms with E-state index >= 15 is 0 Å². The van der Waals surface area contributed by atoms with Crippen LogP contribution in [0.3, 0.4) is 0 Å². The second-order valence-corrected chi connectivity index (χ2v) is 3.85. The van der Waals surface area contributed by atoms with E-state index in [0.717, 1.165) is 24.1 Å². The molecule has 0 amide bonds. The van der Waals surface area contributed by atoms with Crippen LogP contribution >= 0.6 is 0 Å². The Hall–Kier alpha value is -0.830. The topological polar surface area (TPSA) is 26.3 Å². The summed E-state index contributed by atoms with van der Waals surface area (Å²) >= 11 is 0. The Kier molecular flexibility index (Phi) is 7.05. The van der Waals surface area contributed by atoms with Crippen LogP contribution in [0.4, 0.5) is 0 Å². The zero-order chi connectivity index (χ0) is 11.7. The molecule has 3 nitrogen and oxygen atoms in total. The van der Waals surface area contributed by atoms with Crippen molar-refractivity contribution in [3.8, 4) is 0 Å². The smallest absolute Gasteiger partial charge is 0.334 e. The fraction of sp³-hybridized carbons (Fsp3) is 0.750. The van der Waals surface area contributed by atoms with Crippen molar-refractivity contribution in [2.45, 2.75) is 33.6 Å². The average molecular weight is 214 g/mol. The lowest BCUT2D eigenvalue weighted by molar-refractivity contribution is -0.940. The van der Waals surface area contributed by atoms with Gasteiger partial charge in [-0.15, -0.1) is 0 Å². The van der Waals surface area contributed by atoms with Gasteiger partial charge in [0, 0.05) is 6.08 Å². The summed E-state index contributed by atoms with van der Waals surface area (Å²) in [5.41, 5.74) is 0. The second-order valence-electron chi connectivity index (χ2n) is 3.85. The molecule has 0 saturated heterocycles. The Balaban J connectivity index is 4.22. The first-order valence-corrected chi connectivity index (χ1v) is 5.78. The number of rotatable bonds is 8. The summed E-state index contributed by atoms with van der Waals surface area (Å²) in [6, 6.07) is 0. The minimum atomic E-state index is -0.323. The average Bonchev–Trinajstić information content (AvgIpc) is 2.30. The third-order valence-electron chi connectivity index (χ3n) is 2.97. The first-order valence-electron chi connectivity index (χ1n) is 5.78. The maximum Gasteiger partial charge on any atom is 0.334 e. The maximum absolute atomic E-state index is 11.0. The molecule has 0 radical (unpaired) electrons. The predicted molar refractivity (Wildman–Crippen MR) is 62.3 cm³/mol. The quantitative estimate of drug-likeness (QED) is 0.268. The van der Waals surface area contributed by atoms with Gasteiger partial charge in [0.05, 0.1) is 19.6 Å². The second kappa shape index (κ2) is 7.46. The van der Waals surface area contributed by atoms with Crippen LogP contribution in [0.5, 0.6) is 0 Å². The summed E-state index contributed by atoms with van der Waals surface area (Å²) in [4.78, 5) is 11.0. The number of unbranched alkanes of at least 4 members (excludes halogenated alkanes) is 1. The first kappa shape index (κ1) is 14.2. The van der Waals surface area contributed by atoms with Crippen LogP contribution in [-0.2, 0) is 9.53 Å². The van der Waals surface area contributed by atoms with Crippen molar-refractivity contribution >= 4 is 5.97 Å². The van der Waals surface area contributed by atoms with E-state index in [-0.39, 0.29) is 5.97 Å². The van der Waals surface area contributed by atoms with E-state index < -0.39 is 0 Å². The van der Waals surface area contributed by atoms with Crippen molar-refractivity contribution < 1.29 is 14.0 Å². The Morgan fingerprint density at radius 2 is 1.93 bits per heavy atom. The molecule has 0 aliphatic carbocycles. The van der Waals surface area contributed by atoms with Gasteiger partial charge in [-0.25, -0.2) is 4.79 Å². The van der Waals surface area contributed by atoms with Gasteiger partial charge in [0.25, 0.3) is 0 Å². The van der Waals surface area contributed by atoms with Gasteiger partial charge in [-0.3, -0.25) is 4.48 Å². The lowest BCUT2D eigenvalue weighted by atomic mass is 10.2. The fourth-order valence-corrected chi connectivity index (χ4v) is 1.54.